The van der Waals surface area contributed by atoms with Crippen LogP contribution in [0, 0.1) is 0 Å². The molecule has 2 rings (SSSR count). The van der Waals surface area contributed by atoms with Crippen LogP contribution >= 0.6 is 0 Å². The fraction of sp³-hybridized carbons (Fsp3) is 0.714. The molecule has 0 aromatic carbocycles. The molecule has 0 saturated heterocycles. The second-order valence-electron chi connectivity index (χ2n) is 5.69. The molecule has 1 unspecified atom stereocenters. The average Bonchev–Trinajstić information content (AvgIpc) is 2.95. The lowest BCUT2D eigenvalue weighted by Crippen LogP contribution is -2.40. The van der Waals surface area contributed by atoms with Gasteiger partial charge in [-0.25, -0.2) is 0 Å². The van der Waals surface area contributed by atoms with Crippen molar-refractivity contribution in [1.82, 2.24) is 14.7 Å². The van der Waals surface area contributed by atoms with E-state index in [1.807, 2.05) is 18.9 Å². The van der Waals surface area contributed by atoms with Crippen LogP contribution < -0.4 is 5.73 Å². The van der Waals surface area contributed by atoms with Gasteiger partial charge in [-0.15, -0.1) is 0 Å². The smallest absolute Gasteiger partial charge is 0.156 e. The standard InChI is InChI=1S/C14H25N5O/c1-11(14(15)17-20)18(2)10-12-8-9-19(16-12)13-6-4-3-5-7-13/h8-9,11,13,20H,3-7,10H2,1-2H3,(H2,15,17). The van der Waals surface area contributed by atoms with E-state index in [9.17, 15) is 0 Å². The first kappa shape index (κ1) is 14.8. The summed E-state index contributed by atoms with van der Waals surface area (Å²) in [6.07, 6.45) is 8.51. The van der Waals surface area contributed by atoms with E-state index >= 15 is 0 Å². The summed E-state index contributed by atoms with van der Waals surface area (Å²) in [7, 11) is 1.95. The van der Waals surface area contributed by atoms with Crippen LogP contribution in [0.15, 0.2) is 17.4 Å². The fourth-order valence-corrected chi connectivity index (χ4v) is 2.71. The van der Waals surface area contributed by atoms with Crippen LogP contribution in [0.4, 0.5) is 0 Å². The zero-order chi connectivity index (χ0) is 14.5. The average molecular weight is 279 g/mol. The summed E-state index contributed by atoms with van der Waals surface area (Å²) in [5, 5.41) is 16.4. The Morgan fingerprint density at radius 2 is 2.25 bits per heavy atom. The third-order valence-corrected chi connectivity index (χ3v) is 4.23. The summed E-state index contributed by atoms with van der Waals surface area (Å²) in [5.74, 6) is 0.221. The van der Waals surface area contributed by atoms with E-state index in [4.69, 9.17) is 10.9 Å². The third-order valence-electron chi connectivity index (χ3n) is 4.23. The fourth-order valence-electron chi connectivity index (χ4n) is 2.71. The highest BCUT2D eigenvalue weighted by Crippen LogP contribution is 2.27. The number of likely N-dealkylation sites (N-methyl/N-ethyl adjacent to an activating group) is 1. The van der Waals surface area contributed by atoms with Crippen LogP contribution in [0.2, 0.25) is 0 Å². The quantitative estimate of drug-likeness (QED) is 0.374. The van der Waals surface area contributed by atoms with Crippen molar-refractivity contribution in [2.45, 2.75) is 57.7 Å². The first-order valence-corrected chi connectivity index (χ1v) is 7.33. The minimum Gasteiger partial charge on any atom is -0.409 e. The molecule has 1 saturated carbocycles. The minimum atomic E-state index is -0.111. The molecule has 1 aliphatic carbocycles. The Hall–Kier alpha value is -1.56. The molecule has 0 amide bonds. The van der Waals surface area contributed by atoms with Crippen LogP contribution in [0.25, 0.3) is 0 Å². The van der Waals surface area contributed by atoms with E-state index in [2.05, 4.69) is 27.2 Å². The van der Waals surface area contributed by atoms with Gasteiger partial charge in [-0.3, -0.25) is 9.58 Å². The number of hydrogen-bond acceptors (Lipinski definition) is 4. The maximum absolute atomic E-state index is 8.71. The van der Waals surface area contributed by atoms with Gasteiger partial charge in [0, 0.05) is 12.7 Å². The molecule has 1 aliphatic rings. The second-order valence-corrected chi connectivity index (χ2v) is 5.69. The predicted molar refractivity (Wildman–Crippen MR) is 78.7 cm³/mol. The van der Waals surface area contributed by atoms with Crippen molar-refractivity contribution >= 4 is 5.84 Å². The van der Waals surface area contributed by atoms with Gasteiger partial charge < -0.3 is 10.9 Å². The molecule has 1 heterocycles. The Morgan fingerprint density at radius 1 is 1.55 bits per heavy atom. The van der Waals surface area contributed by atoms with Gasteiger partial charge in [0.1, 0.15) is 0 Å². The van der Waals surface area contributed by atoms with E-state index in [1.54, 1.807) is 0 Å². The molecule has 1 aromatic heterocycles. The van der Waals surface area contributed by atoms with Gasteiger partial charge in [-0.05, 0) is 32.9 Å². The maximum Gasteiger partial charge on any atom is 0.156 e. The zero-order valence-corrected chi connectivity index (χ0v) is 12.4. The highest BCUT2D eigenvalue weighted by molar-refractivity contribution is 5.84. The Morgan fingerprint density at radius 3 is 2.90 bits per heavy atom. The van der Waals surface area contributed by atoms with Gasteiger partial charge in [0.25, 0.3) is 0 Å². The first-order chi connectivity index (χ1) is 9.61. The summed E-state index contributed by atoms with van der Waals surface area (Å²) < 4.78 is 2.11. The summed E-state index contributed by atoms with van der Waals surface area (Å²) in [5.41, 5.74) is 6.65. The molecule has 3 N–H and O–H groups in total. The number of rotatable bonds is 5. The largest absolute Gasteiger partial charge is 0.409 e. The third kappa shape index (κ3) is 3.50. The molecular formula is C14H25N5O. The summed E-state index contributed by atoms with van der Waals surface area (Å²) in [6.45, 7) is 2.60. The van der Waals surface area contributed by atoms with Crippen molar-refractivity contribution in [3.8, 4) is 0 Å². The van der Waals surface area contributed by atoms with Crippen molar-refractivity contribution in [3.63, 3.8) is 0 Å². The molecule has 6 heteroatoms. The lowest BCUT2D eigenvalue weighted by molar-refractivity contribution is 0.274. The molecule has 1 aromatic rings. The van der Waals surface area contributed by atoms with Crippen LogP contribution in [-0.4, -0.2) is 38.8 Å². The van der Waals surface area contributed by atoms with Crippen molar-refractivity contribution in [3.05, 3.63) is 18.0 Å². The molecule has 0 bridgehead atoms. The van der Waals surface area contributed by atoms with E-state index in [0.717, 1.165) is 5.69 Å². The Labute approximate surface area is 120 Å². The minimum absolute atomic E-state index is 0.111. The molecule has 0 spiro atoms. The van der Waals surface area contributed by atoms with Gasteiger partial charge in [-0.2, -0.15) is 5.10 Å². The molecule has 20 heavy (non-hydrogen) atoms. The van der Waals surface area contributed by atoms with Crippen LogP contribution in [-0.2, 0) is 6.54 Å². The van der Waals surface area contributed by atoms with Crippen molar-refractivity contribution in [1.29, 1.82) is 0 Å². The first-order valence-electron chi connectivity index (χ1n) is 7.33. The monoisotopic (exact) mass is 279 g/mol. The Kier molecular flexibility index (Phi) is 5.00. The number of hydrogen-bond donors (Lipinski definition) is 2. The molecule has 6 nitrogen and oxygen atoms in total. The highest BCUT2D eigenvalue weighted by atomic mass is 16.4. The number of nitrogens with zero attached hydrogens (tertiary/aromatic N) is 4. The molecule has 0 aliphatic heterocycles. The van der Waals surface area contributed by atoms with Crippen molar-refractivity contribution in [2.24, 2.45) is 10.9 Å². The van der Waals surface area contributed by atoms with E-state index < -0.39 is 0 Å². The van der Waals surface area contributed by atoms with Crippen molar-refractivity contribution < 1.29 is 5.21 Å². The Bertz CT molecular complexity index is 450. The van der Waals surface area contributed by atoms with Crippen LogP contribution in [0.3, 0.4) is 0 Å². The Balaban J connectivity index is 1.95. The van der Waals surface area contributed by atoms with E-state index in [1.165, 1.54) is 32.1 Å². The SMILES string of the molecule is CC(C(N)=NO)N(C)Cc1ccn(C2CCCCC2)n1. The van der Waals surface area contributed by atoms with Gasteiger partial charge >= 0.3 is 0 Å². The van der Waals surface area contributed by atoms with Gasteiger partial charge in [0.15, 0.2) is 5.84 Å². The predicted octanol–water partition coefficient (Wildman–Crippen LogP) is 1.95. The van der Waals surface area contributed by atoms with Gasteiger partial charge in [0.05, 0.1) is 17.8 Å². The normalized spacial score (nSPS) is 19.4. The second kappa shape index (κ2) is 6.74. The zero-order valence-electron chi connectivity index (χ0n) is 12.4. The van der Waals surface area contributed by atoms with Crippen LogP contribution in [0.1, 0.15) is 50.8 Å². The van der Waals surface area contributed by atoms with Gasteiger partial charge in [-0.1, -0.05) is 24.4 Å². The summed E-state index contributed by atoms with van der Waals surface area (Å²) in [4.78, 5) is 2.02. The van der Waals surface area contributed by atoms with E-state index in [-0.39, 0.29) is 11.9 Å². The molecule has 0 radical (unpaired) electrons. The number of nitrogens with two attached hydrogens (primary N) is 1. The lowest BCUT2D eigenvalue weighted by Gasteiger charge is -2.23. The number of amidine groups is 1. The molecular weight excluding hydrogens is 254 g/mol. The van der Waals surface area contributed by atoms with Crippen LogP contribution in [0.5, 0.6) is 0 Å². The highest BCUT2D eigenvalue weighted by Gasteiger charge is 2.18. The summed E-state index contributed by atoms with van der Waals surface area (Å²) in [6, 6.07) is 2.51. The van der Waals surface area contributed by atoms with Crippen molar-refractivity contribution in [2.75, 3.05) is 7.05 Å². The number of oxime groups is 1. The summed E-state index contributed by atoms with van der Waals surface area (Å²) >= 11 is 0. The molecule has 1 atom stereocenters. The maximum atomic E-state index is 8.71. The molecule has 112 valence electrons. The molecule has 1 fully saturated rings. The van der Waals surface area contributed by atoms with E-state index in [0.29, 0.717) is 12.6 Å². The topological polar surface area (TPSA) is 79.7 Å². The van der Waals surface area contributed by atoms with Gasteiger partial charge in [0.2, 0.25) is 0 Å². The lowest BCUT2D eigenvalue weighted by atomic mass is 9.96. The number of aromatic nitrogens is 2.